The number of hydrogen-bond acceptors (Lipinski definition) is 6. The average molecular weight is 433 g/mol. The van der Waals surface area contributed by atoms with Gasteiger partial charge in [-0.25, -0.2) is 0 Å². The Morgan fingerprint density at radius 2 is 1.73 bits per heavy atom. The zero-order valence-electron chi connectivity index (χ0n) is 18.3. The molecule has 6 nitrogen and oxygen atoms in total. The fourth-order valence-electron chi connectivity index (χ4n) is 4.73. The molecule has 3 aliphatic rings. The summed E-state index contributed by atoms with van der Waals surface area (Å²) in [4.78, 5) is 38.8. The largest absolute Gasteiger partial charge is 0.508 e. The molecule has 2 bridgehead atoms. The lowest BCUT2D eigenvalue weighted by molar-refractivity contribution is -0.167. The number of phenolic OH excluding ortho intramolecular Hbond substituents is 1. The van der Waals surface area contributed by atoms with Gasteiger partial charge in [0.05, 0.1) is 31.0 Å². The van der Waals surface area contributed by atoms with Crippen molar-refractivity contribution in [3.8, 4) is 5.75 Å². The first-order chi connectivity index (χ1) is 14.1. The van der Waals surface area contributed by atoms with E-state index in [0.29, 0.717) is 18.6 Å². The Bertz CT molecular complexity index is 827. The number of ether oxygens (including phenoxy) is 2. The number of benzene rings is 1. The Kier molecular flexibility index (Phi) is 6.70. The lowest BCUT2D eigenvalue weighted by Crippen LogP contribution is -2.50. The number of ketones is 1. The highest BCUT2D eigenvalue weighted by Gasteiger charge is 2.57. The lowest BCUT2D eigenvalue weighted by Gasteiger charge is -2.46. The summed E-state index contributed by atoms with van der Waals surface area (Å²) in [5.41, 5.74) is 1.48. The standard InChI is InChI=1S/C23H32O6Si/c1-5-9-28-23(27)21-19-16-12-14(24)7-8-15(16)17(13-18(19)25)20(21)22(26)29-10-6-11-30(2,3)4/h7-8,12,17,19-21,24H,5-6,9-11,13H2,1-4H3/t17-,19-,20-,21-/m1/s1. The molecular formula is C23H32O6Si. The second kappa shape index (κ2) is 8.92. The molecule has 1 saturated carbocycles. The highest BCUT2D eigenvalue weighted by atomic mass is 28.3. The van der Waals surface area contributed by atoms with E-state index in [0.717, 1.165) is 18.0 Å². The van der Waals surface area contributed by atoms with Crippen LogP contribution in [-0.2, 0) is 23.9 Å². The fraction of sp³-hybridized carbons (Fsp3) is 0.609. The number of hydrogen-bond donors (Lipinski definition) is 1. The number of phenols is 1. The third-order valence-electron chi connectivity index (χ3n) is 6.06. The molecule has 164 valence electrons. The van der Waals surface area contributed by atoms with E-state index >= 15 is 0 Å². The van der Waals surface area contributed by atoms with Crippen LogP contribution < -0.4 is 0 Å². The summed E-state index contributed by atoms with van der Waals surface area (Å²) in [5.74, 6) is -3.84. The summed E-state index contributed by atoms with van der Waals surface area (Å²) in [6, 6.07) is 5.91. The van der Waals surface area contributed by atoms with Crippen LogP contribution in [0.15, 0.2) is 18.2 Å². The first kappa shape index (κ1) is 22.5. The maximum absolute atomic E-state index is 13.1. The van der Waals surface area contributed by atoms with Crippen LogP contribution in [0, 0.1) is 11.8 Å². The van der Waals surface area contributed by atoms with Gasteiger partial charge < -0.3 is 14.6 Å². The first-order valence-corrected chi connectivity index (χ1v) is 14.5. The van der Waals surface area contributed by atoms with E-state index in [-0.39, 0.29) is 24.6 Å². The molecule has 0 radical (unpaired) electrons. The van der Waals surface area contributed by atoms with Crippen LogP contribution in [0.4, 0.5) is 0 Å². The van der Waals surface area contributed by atoms with Gasteiger partial charge >= 0.3 is 11.9 Å². The van der Waals surface area contributed by atoms with E-state index in [1.54, 1.807) is 18.2 Å². The molecule has 0 aliphatic heterocycles. The van der Waals surface area contributed by atoms with Gasteiger partial charge in [-0.1, -0.05) is 38.7 Å². The van der Waals surface area contributed by atoms with Crippen molar-refractivity contribution in [1.29, 1.82) is 0 Å². The summed E-state index contributed by atoms with van der Waals surface area (Å²) in [5, 5.41) is 9.94. The van der Waals surface area contributed by atoms with Gasteiger partial charge in [-0.2, -0.15) is 0 Å². The van der Waals surface area contributed by atoms with Crippen molar-refractivity contribution >= 4 is 25.8 Å². The molecule has 0 heterocycles. The Balaban J connectivity index is 1.87. The number of fused-ring (bicyclic) bond motifs is 2. The predicted octanol–water partition coefficient (Wildman–Crippen LogP) is 4.00. The Morgan fingerprint density at radius 1 is 1.07 bits per heavy atom. The van der Waals surface area contributed by atoms with E-state index in [9.17, 15) is 19.5 Å². The second-order valence-corrected chi connectivity index (χ2v) is 15.2. The molecule has 0 unspecified atom stereocenters. The minimum atomic E-state index is -1.22. The van der Waals surface area contributed by atoms with Crippen LogP contribution in [0.3, 0.4) is 0 Å². The Labute approximate surface area is 179 Å². The second-order valence-electron chi connectivity index (χ2n) is 9.62. The van der Waals surface area contributed by atoms with E-state index in [4.69, 9.17) is 9.47 Å². The van der Waals surface area contributed by atoms with Crippen LogP contribution in [0.1, 0.15) is 49.1 Å². The number of esters is 2. The molecule has 4 rings (SSSR count). The summed E-state index contributed by atoms with van der Waals surface area (Å²) in [7, 11) is -1.22. The zero-order valence-corrected chi connectivity index (χ0v) is 19.3. The summed E-state index contributed by atoms with van der Waals surface area (Å²) < 4.78 is 11.0. The molecule has 7 heteroatoms. The summed E-state index contributed by atoms with van der Waals surface area (Å²) in [6.07, 6.45) is 1.66. The van der Waals surface area contributed by atoms with Gasteiger partial charge in [-0.3, -0.25) is 14.4 Å². The van der Waals surface area contributed by atoms with Crippen molar-refractivity contribution in [2.24, 2.45) is 11.8 Å². The number of Topliss-reactive ketones (excluding diaryl/α,β-unsaturated/α-hetero) is 1. The van der Waals surface area contributed by atoms with Crippen molar-refractivity contribution in [3.05, 3.63) is 29.3 Å². The Hall–Kier alpha value is -2.15. The van der Waals surface area contributed by atoms with Crippen molar-refractivity contribution in [1.82, 2.24) is 0 Å². The molecule has 1 N–H and O–H groups in total. The summed E-state index contributed by atoms with van der Waals surface area (Å²) in [6.45, 7) is 9.27. The first-order valence-electron chi connectivity index (χ1n) is 10.8. The van der Waals surface area contributed by atoms with Crippen LogP contribution in [0.5, 0.6) is 5.75 Å². The monoisotopic (exact) mass is 432 g/mol. The van der Waals surface area contributed by atoms with Crippen molar-refractivity contribution in [2.75, 3.05) is 13.2 Å². The van der Waals surface area contributed by atoms with E-state index in [1.807, 2.05) is 6.92 Å². The smallest absolute Gasteiger partial charge is 0.310 e. The van der Waals surface area contributed by atoms with E-state index in [2.05, 4.69) is 19.6 Å². The topological polar surface area (TPSA) is 89.9 Å². The van der Waals surface area contributed by atoms with Gasteiger partial charge in [0.15, 0.2) is 0 Å². The minimum absolute atomic E-state index is 0.0419. The molecule has 0 saturated heterocycles. The maximum atomic E-state index is 13.1. The van der Waals surface area contributed by atoms with Crippen molar-refractivity contribution < 1.29 is 29.0 Å². The normalized spacial score (nSPS) is 25.0. The van der Waals surface area contributed by atoms with Gasteiger partial charge in [0.1, 0.15) is 11.5 Å². The quantitative estimate of drug-likeness (QED) is 0.379. The Morgan fingerprint density at radius 3 is 2.40 bits per heavy atom. The van der Waals surface area contributed by atoms with Gasteiger partial charge in [0, 0.05) is 20.4 Å². The molecular weight excluding hydrogens is 400 g/mol. The third-order valence-corrected chi connectivity index (χ3v) is 7.91. The highest BCUT2D eigenvalue weighted by molar-refractivity contribution is 6.76. The minimum Gasteiger partial charge on any atom is -0.508 e. The van der Waals surface area contributed by atoms with E-state index in [1.165, 1.54) is 0 Å². The molecule has 0 amide bonds. The van der Waals surface area contributed by atoms with Gasteiger partial charge in [-0.05, 0) is 36.1 Å². The maximum Gasteiger partial charge on any atom is 0.310 e. The third kappa shape index (κ3) is 4.61. The molecule has 30 heavy (non-hydrogen) atoms. The van der Waals surface area contributed by atoms with Crippen molar-refractivity contribution in [3.63, 3.8) is 0 Å². The molecule has 1 fully saturated rings. The molecule has 4 atom stereocenters. The number of rotatable bonds is 8. The molecule has 3 aliphatic carbocycles. The van der Waals surface area contributed by atoms with Crippen LogP contribution in [-0.4, -0.2) is 44.1 Å². The highest BCUT2D eigenvalue weighted by Crippen LogP contribution is 2.55. The van der Waals surface area contributed by atoms with Gasteiger partial charge in [0.25, 0.3) is 0 Å². The van der Waals surface area contributed by atoms with Gasteiger partial charge in [-0.15, -0.1) is 0 Å². The zero-order chi connectivity index (χ0) is 22.1. The van der Waals surface area contributed by atoms with Crippen molar-refractivity contribution in [2.45, 2.75) is 63.7 Å². The molecule has 0 spiro atoms. The molecule has 1 aromatic rings. The van der Waals surface area contributed by atoms with Crippen LogP contribution in [0.2, 0.25) is 25.7 Å². The molecule has 1 aromatic carbocycles. The van der Waals surface area contributed by atoms with Crippen LogP contribution >= 0.6 is 0 Å². The lowest BCUT2D eigenvalue weighted by atomic mass is 9.55. The average Bonchev–Trinajstić information content (AvgIpc) is 2.67. The molecule has 0 aromatic heterocycles. The SMILES string of the molecule is CCCOC(=O)[C@H]1[C@H](C(=O)OCCC[Si](C)(C)C)[C@@H]2CC(=O)[C@H]1c1cc(O)ccc12. The van der Waals surface area contributed by atoms with E-state index < -0.39 is 43.7 Å². The van der Waals surface area contributed by atoms with Gasteiger partial charge in [0.2, 0.25) is 0 Å². The predicted molar refractivity (Wildman–Crippen MR) is 115 cm³/mol. The number of carbonyl (C=O) groups excluding carboxylic acids is 3. The number of aromatic hydroxyl groups is 1. The fourth-order valence-corrected chi connectivity index (χ4v) is 5.94. The summed E-state index contributed by atoms with van der Waals surface area (Å²) >= 11 is 0. The number of carbonyl (C=O) groups is 3. The van der Waals surface area contributed by atoms with Crippen LogP contribution in [0.25, 0.3) is 0 Å².